The lowest BCUT2D eigenvalue weighted by atomic mass is 9.93. The molecule has 0 radical (unpaired) electrons. The number of hydrogen-bond acceptors (Lipinski definition) is 4. The van der Waals surface area contributed by atoms with Crippen LogP contribution in [0.25, 0.3) is 0 Å². The molecule has 0 saturated carbocycles. The SMILES string of the molecule is CCOc1ccc(S(=O)(=O)N2CCC(C(=O)N3CCCc4cc(F)cc(F)c43)CC2)cc1. The third-order valence-corrected chi connectivity index (χ3v) is 7.96. The quantitative estimate of drug-likeness (QED) is 0.676. The molecule has 1 saturated heterocycles. The van der Waals surface area contributed by atoms with Crippen LogP contribution in [-0.2, 0) is 21.2 Å². The first-order valence-electron chi connectivity index (χ1n) is 10.8. The minimum absolute atomic E-state index is 0.159. The molecule has 2 aliphatic heterocycles. The molecule has 2 aliphatic rings. The van der Waals surface area contributed by atoms with E-state index in [1.807, 2.05) is 6.92 Å². The number of hydrogen-bond donors (Lipinski definition) is 0. The molecule has 0 N–H and O–H groups in total. The van der Waals surface area contributed by atoms with Gasteiger partial charge in [0.2, 0.25) is 15.9 Å². The van der Waals surface area contributed by atoms with Crippen molar-refractivity contribution in [2.45, 2.75) is 37.5 Å². The Balaban J connectivity index is 1.45. The van der Waals surface area contributed by atoms with Crippen molar-refractivity contribution in [3.63, 3.8) is 0 Å². The van der Waals surface area contributed by atoms with Gasteiger partial charge in [-0.15, -0.1) is 0 Å². The van der Waals surface area contributed by atoms with Gasteiger partial charge in [-0.25, -0.2) is 17.2 Å². The van der Waals surface area contributed by atoms with Gasteiger partial charge in [0.15, 0.2) is 0 Å². The van der Waals surface area contributed by atoms with E-state index in [2.05, 4.69) is 0 Å². The molecule has 0 aliphatic carbocycles. The largest absolute Gasteiger partial charge is 0.494 e. The van der Waals surface area contributed by atoms with Crippen LogP contribution in [0.3, 0.4) is 0 Å². The lowest BCUT2D eigenvalue weighted by Gasteiger charge is -2.36. The predicted molar refractivity (Wildman–Crippen MR) is 116 cm³/mol. The van der Waals surface area contributed by atoms with E-state index in [1.54, 1.807) is 12.1 Å². The number of fused-ring (bicyclic) bond motifs is 1. The molecular formula is C23H26F2N2O4S. The predicted octanol–water partition coefficient (Wildman–Crippen LogP) is 3.74. The van der Waals surface area contributed by atoms with Crippen molar-refractivity contribution in [2.24, 2.45) is 5.92 Å². The molecule has 0 aromatic heterocycles. The lowest BCUT2D eigenvalue weighted by molar-refractivity contribution is -0.123. The molecule has 9 heteroatoms. The number of rotatable bonds is 5. The summed E-state index contributed by atoms with van der Waals surface area (Å²) in [5, 5.41) is 0. The third kappa shape index (κ3) is 4.36. The van der Waals surface area contributed by atoms with Crippen molar-refractivity contribution < 1.29 is 26.7 Å². The van der Waals surface area contributed by atoms with Crippen molar-refractivity contribution in [1.82, 2.24) is 4.31 Å². The first kappa shape index (κ1) is 22.7. The zero-order chi connectivity index (χ0) is 22.9. The molecule has 172 valence electrons. The van der Waals surface area contributed by atoms with Gasteiger partial charge in [-0.1, -0.05) is 0 Å². The average Bonchev–Trinajstić information content (AvgIpc) is 2.78. The fourth-order valence-electron chi connectivity index (χ4n) is 4.46. The van der Waals surface area contributed by atoms with Crippen LogP contribution in [0.5, 0.6) is 5.75 Å². The van der Waals surface area contributed by atoms with E-state index in [-0.39, 0.29) is 29.6 Å². The van der Waals surface area contributed by atoms with Crippen molar-refractivity contribution in [3.8, 4) is 5.75 Å². The fourth-order valence-corrected chi connectivity index (χ4v) is 5.93. The van der Waals surface area contributed by atoms with Gasteiger partial charge >= 0.3 is 0 Å². The van der Waals surface area contributed by atoms with E-state index in [0.29, 0.717) is 50.1 Å². The van der Waals surface area contributed by atoms with E-state index >= 15 is 0 Å². The van der Waals surface area contributed by atoms with E-state index in [1.165, 1.54) is 27.4 Å². The van der Waals surface area contributed by atoms with Gasteiger partial charge in [0.05, 0.1) is 17.2 Å². The summed E-state index contributed by atoms with van der Waals surface area (Å²) in [7, 11) is -3.68. The zero-order valence-electron chi connectivity index (χ0n) is 17.9. The highest BCUT2D eigenvalue weighted by Crippen LogP contribution is 2.34. The minimum atomic E-state index is -3.68. The topological polar surface area (TPSA) is 66.9 Å². The van der Waals surface area contributed by atoms with Crippen LogP contribution in [-0.4, -0.2) is 44.9 Å². The summed E-state index contributed by atoms with van der Waals surface area (Å²) in [6.07, 6.45) is 1.85. The average molecular weight is 465 g/mol. The number of sulfonamides is 1. The molecule has 4 rings (SSSR count). The Hall–Kier alpha value is -2.52. The van der Waals surface area contributed by atoms with Crippen LogP contribution in [0.2, 0.25) is 0 Å². The van der Waals surface area contributed by atoms with Crippen molar-refractivity contribution in [3.05, 3.63) is 53.6 Å². The van der Waals surface area contributed by atoms with E-state index in [9.17, 15) is 22.0 Å². The van der Waals surface area contributed by atoms with Crippen LogP contribution < -0.4 is 9.64 Å². The number of carbonyl (C=O) groups is 1. The number of anilines is 1. The monoisotopic (exact) mass is 464 g/mol. The second-order valence-electron chi connectivity index (χ2n) is 8.07. The number of piperidine rings is 1. The summed E-state index contributed by atoms with van der Waals surface area (Å²) < 4.78 is 60.7. The molecule has 1 fully saturated rings. The highest BCUT2D eigenvalue weighted by molar-refractivity contribution is 7.89. The standard InChI is InChI=1S/C23H26F2N2O4S/c1-2-31-19-5-7-20(8-6-19)32(29,30)26-12-9-16(10-13-26)23(28)27-11-3-4-17-14-18(24)15-21(25)22(17)27/h5-8,14-16H,2-4,9-13H2,1H3. The third-order valence-electron chi connectivity index (χ3n) is 6.05. The van der Waals surface area contributed by atoms with Crippen LogP contribution in [0.15, 0.2) is 41.3 Å². The number of aryl methyl sites for hydroxylation is 1. The molecule has 0 atom stereocenters. The molecule has 32 heavy (non-hydrogen) atoms. The Labute approximate surface area is 186 Å². The highest BCUT2D eigenvalue weighted by atomic mass is 32.2. The van der Waals surface area contributed by atoms with Crippen LogP contribution in [0, 0.1) is 17.6 Å². The number of benzene rings is 2. The highest BCUT2D eigenvalue weighted by Gasteiger charge is 2.36. The molecule has 0 spiro atoms. The second kappa shape index (κ2) is 9.15. The van der Waals surface area contributed by atoms with Gasteiger partial charge in [0.1, 0.15) is 17.4 Å². The number of carbonyl (C=O) groups excluding carboxylic acids is 1. The maximum absolute atomic E-state index is 14.5. The van der Waals surface area contributed by atoms with Gasteiger partial charge in [-0.3, -0.25) is 4.79 Å². The molecule has 0 bridgehead atoms. The lowest BCUT2D eigenvalue weighted by Crippen LogP contribution is -2.46. The van der Waals surface area contributed by atoms with Gasteiger partial charge in [-0.2, -0.15) is 4.31 Å². The molecule has 2 heterocycles. The van der Waals surface area contributed by atoms with Gasteiger partial charge in [0, 0.05) is 31.6 Å². The van der Waals surface area contributed by atoms with Crippen molar-refractivity contribution >= 4 is 21.6 Å². The Bertz CT molecular complexity index is 1100. The number of ether oxygens (including phenoxy) is 1. The van der Waals surface area contributed by atoms with Crippen LogP contribution >= 0.6 is 0 Å². The maximum Gasteiger partial charge on any atom is 0.243 e. The maximum atomic E-state index is 14.5. The van der Waals surface area contributed by atoms with Gasteiger partial charge in [0.25, 0.3) is 0 Å². The van der Waals surface area contributed by atoms with Crippen LogP contribution in [0.4, 0.5) is 14.5 Å². The number of nitrogens with zero attached hydrogens (tertiary/aromatic N) is 2. The smallest absolute Gasteiger partial charge is 0.243 e. The second-order valence-corrected chi connectivity index (χ2v) is 10.0. The van der Waals surface area contributed by atoms with E-state index in [4.69, 9.17) is 4.74 Å². The molecular weight excluding hydrogens is 438 g/mol. The Morgan fingerprint density at radius 1 is 1.09 bits per heavy atom. The zero-order valence-corrected chi connectivity index (χ0v) is 18.7. The first-order valence-corrected chi connectivity index (χ1v) is 12.3. The Kier molecular flexibility index (Phi) is 6.48. The summed E-state index contributed by atoms with van der Waals surface area (Å²) in [6, 6.07) is 8.37. The van der Waals surface area contributed by atoms with Crippen molar-refractivity contribution in [2.75, 3.05) is 31.1 Å². The van der Waals surface area contributed by atoms with E-state index in [0.717, 1.165) is 6.07 Å². The Morgan fingerprint density at radius 2 is 1.78 bits per heavy atom. The molecule has 6 nitrogen and oxygen atoms in total. The molecule has 0 unspecified atom stereocenters. The Morgan fingerprint density at radius 3 is 2.44 bits per heavy atom. The summed E-state index contributed by atoms with van der Waals surface area (Å²) in [4.78, 5) is 14.8. The van der Waals surface area contributed by atoms with Gasteiger partial charge < -0.3 is 9.64 Å². The summed E-state index contributed by atoms with van der Waals surface area (Å²) in [6.45, 7) is 3.13. The number of halogens is 2. The fraction of sp³-hybridized carbons (Fsp3) is 0.435. The normalized spacial score (nSPS) is 17.8. The molecule has 2 aromatic rings. The number of amides is 1. The molecule has 1 amide bonds. The minimum Gasteiger partial charge on any atom is -0.494 e. The summed E-state index contributed by atoms with van der Waals surface area (Å²) >= 11 is 0. The first-order chi connectivity index (χ1) is 15.3. The van der Waals surface area contributed by atoms with Crippen molar-refractivity contribution in [1.29, 1.82) is 0 Å². The van der Waals surface area contributed by atoms with Crippen LogP contribution in [0.1, 0.15) is 31.7 Å². The summed E-state index contributed by atoms with van der Waals surface area (Å²) in [5.41, 5.74) is 0.657. The summed E-state index contributed by atoms with van der Waals surface area (Å²) in [5.74, 6) is -1.41. The van der Waals surface area contributed by atoms with E-state index < -0.39 is 27.6 Å². The van der Waals surface area contributed by atoms with Gasteiger partial charge in [-0.05, 0) is 68.5 Å². The molecule has 2 aromatic carbocycles.